The maximum atomic E-state index is 12.6. The molecule has 1 aromatic rings. The Balaban J connectivity index is 2.16. The average molecular weight is 296 g/mol. The number of carboxylic acids is 1. The highest BCUT2D eigenvalue weighted by atomic mass is 16.5. The topological polar surface area (TPSA) is 104 Å². The molecule has 7 nitrogen and oxygen atoms in total. The molecule has 1 aliphatic rings. The molecule has 1 aromatic heterocycles. The number of carbonyl (C=O) groups excluding carboxylic acids is 1. The molecule has 1 aliphatic heterocycles. The fraction of sp³-hybridized carbons (Fsp3) is 0.643. The summed E-state index contributed by atoms with van der Waals surface area (Å²) in [5.41, 5.74) is -0.755. The third-order valence-corrected chi connectivity index (χ3v) is 3.90. The number of carbonyl (C=O) groups is 2. The Labute approximate surface area is 122 Å². The van der Waals surface area contributed by atoms with Crippen LogP contribution in [0.2, 0.25) is 0 Å². The van der Waals surface area contributed by atoms with Gasteiger partial charge in [-0.3, -0.25) is 4.79 Å². The number of piperidine rings is 1. The first-order valence-corrected chi connectivity index (χ1v) is 6.97. The summed E-state index contributed by atoms with van der Waals surface area (Å²) in [7, 11) is 0. The number of aliphatic carboxylic acids is 1. The number of carboxylic acid groups (broad SMARTS) is 1. The van der Waals surface area contributed by atoms with Crippen molar-refractivity contribution in [2.75, 3.05) is 13.1 Å². The number of hydrogen-bond acceptors (Lipinski definition) is 5. The second kappa shape index (κ2) is 5.48. The lowest BCUT2D eigenvalue weighted by atomic mass is 9.91. The van der Waals surface area contributed by atoms with Gasteiger partial charge in [0.25, 0.3) is 5.91 Å². The first kappa shape index (κ1) is 15.5. The molecule has 0 bridgehead atoms. The van der Waals surface area contributed by atoms with Crippen molar-refractivity contribution in [3.63, 3.8) is 0 Å². The number of aromatic nitrogens is 1. The molecule has 1 saturated heterocycles. The molecule has 21 heavy (non-hydrogen) atoms. The molecule has 0 atom stereocenters. The Bertz CT molecular complexity index is 556. The number of amides is 1. The lowest BCUT2D eigenvalue weighted by molar-refractivity contribution is -0.162. The van der Waals surface area contributed by atoms with Gasteiger partial charge < -0.3 is 19.6 Å². The van der Waals surface area contributed by atoms with Crippen molar-refractivity contribution in [2.45, 2.75) is 45.1 Å². The van der Waals surface area contributed by atoms with Gasteiger partial charge in [-0.2, -0.15) is 0 Å². The smallest absolute Gasteiger partial charge is 0.335 e. The van der Waals surface area contributed by atoms with Crippen LogP contribution in [-0.4, -0.2) is 50.8 Å². The van der Waals surface area contributed by atoms with Crippen LogP contribution in [0.4, 0.5) is 0 Å². The second-order valence-corrected chi connectivity index (χ2v) is 5.79. The van der Waals surface area contributed by atoms with Gasteiger partial charge in [-0.05, 0) is 6.92 Å². The highest BCUT2D eigenvalue weighted by Gasteiger charge is 2.41. The summed E-state index contributed by atoms with van der Waals surface area (Å²) in [4.78, 5) is 25.1. The molecule has 116 valence electrons. The fourth-order valence-corrected chi connectivity index (χ4v) is 2.49. The van der Waals surface area contributed by atoms with Gasteiger partial charge in [0, 0.05) is 31.8 Å². The summed E-state index contributed by atoms with van der Waals surface area (Å²) in [6.45, 7) is 5.93. The standard InChI is InChI=1S/C14H20N2O5/c1-8(2)11-10(9(3)15-21-11)12(17)16-6-4-14(20,5-7-16)13(18)19/h8,20H,4-7H2,1-3H3,(H,18,19). The molecule has 2 N–H and O–H groups in total. The van der Waals surface area contributed by atoms with Crippen LogP contribution in [0.25, 0.3) is 0 Å². The van der Waals surface area contributed by atoms with E-state index in [0.29, 0.717) is 17.0 Å². The molecule has 0 radical (unpaired) electrons. The van der Waals surface area contributed by atoms with Crippen molar-refractivity contribution < 1.29 is 24.3 Å². The maximum absolute atomic E-state index is 12.6. The summed E-state index contributed by atoms with van der Waals surface area (Å²) in [5, 5.41) is 22.7. The maximum Gasteiger partial charge on any atom is 0.335 e. The largest absolute Gasteiger partial charge is 0.479 e. The molecule has 1 amide bonds. The minimum absolute atomic E-state index is 0.0232. The van der Waals surface area contributed by atoms with E-state index in [1.165, 1.54) is 0 Å². The van der Waals surface area contributed by atoms with E-state index in [1.54, 1.807) is 11.8 Å². The van der Waals surface area contributed by atoms with Crippen LogP contribution < -0.4 is 0 Å². The van der Waals surface area contributed by atoms with Crippen molar-refractivity contribution in [1.29, 1.82) is 0 Å². The van der Waals surface area contributed by atoms with Crippen LogP contribution in [0.15, 0.2) is 4.52 Å². The monoisotopic (exact) mass is 296 g/mol. The minimum atomic E-state index is -1.73. The van der Waals surface area contributed by atoms with Crippen molar-refractivity contribution in [3.8, 4) is 0 Å². The summed E-state index contributed by atoms with van der Waals surface area (Å²) >= 11 is 0. The Morgan fingerprint density at radius 2 is 1.90 bits per heavy atom. The number of rotatable bonds is 3. The van der Waals surface area contributed by atoms with Crippen molar-refractivity contribution >= 4 is 11.9 Å². The molecule has 7 heteroatoms. The number of likely N-dealkylation sites (tertiary alicyclic amines) is 1. The van der Waals surface area contributed by atoms with E-state index >= 15 is 0 Å². The van der Waals surface area contributed by atoms with Gasteiger partial charge in [-0.15, -0.1) is 0 Å². The summed E-state index contributed by atoms with van der Waals surface area (Å²) < 4.78 is 5.21. The molecular weight excluding hydrogens is 276 g/mol. The van der Waals surface area contributed by atoms with E-state index in [9.17, 15) is 14.7 Å². The number of nitrogens with zero attached hydrogens (tertiary/aromatic N) is 2. The average Bonchev–Trinajstić information content (AvgIpc) is 2.80. The molecule has 1 fully saturated rings. The molecule has 0 aromatic carbocycles. The molecular formula is C14H20N2O5. The molecule has 0 aliphatic carbocycles. The van der Waals surface area contributed by atoms with Gasteiger partial charge in [-0.1, -0.05) is 19.0 Å². The third-order valence-electron chi connectivity index (χ3n) is 3.90. The Kier molecular flexibility index (Phi) is 4.04. The number of aryl methyl sites for hydroxylation is 1. The summed E-state index contributed by atoms with van der Waals surface area (Å²) in [6.07, 6.45) is 0.0465. The third kappa shape index (κ3) is 2.78. The van der Waals surface area contributed by atoms with Gasteiger partial charge in [-0.25, -0.2) is 4.79 Å². The highest BCUT2D eigenvalue weighted by Crippen LogP contribution is 2.27. The number of aliphatic hydroxyl groups is 1. The molecule has 2 heterocycles. The van der Waals surface area contributed by atoms with E-state index in [2.05, 4.69) is 5.16 Å². The zero-order chi connectivity index (χ0) is 15.8. The normalized spacial score (nSPS) is 18.0. The Morgan fingerprint density at radius 1 is 1.33 bits per heavy atom. The zero-order valence-electron chi connectivity index (χ0n) is 12.4. The second-order valence-electron chi connectivity index (χ2n) is 5.79. The minimum Gasteiger partial charge on any atom is -0.479 e. The lowest BCUT2D eigenvalue weighted by Crippen LogP contribution is -2.51. The van der Waals surface area contributed by atoms with E-state index < -0.39 is 11.6 Å². The van der Waals surface area contributed by atoms with Crippen LogP contribution in [0.1, 0.15) is 54.4 Å². The van der Waals surface area contributed by atoms with Gasteiger partial charge in [0.05, 0.1) is 5.69 Å². The number of hydrogen-bond donors (Lipinski definition) is 2. The zero-order valence-corrected chi connectivity index (χ0v) is 12.4. The van der Waals surface area contributed by atoms with E-state index in [1.807, 2.05) is 13.8 Å². The Morgan fingerprint density at radius 3 is 2.38 bits per heavy atom. The predicted octanol–water partition coefficient (Wildman–Crippen LogP) is 1.16. The molecule has 0 unspecified atom stereocenters. The van der Waals surface area contributed by atoms with E-state index in [0.717, 1.165) is 0 Å². The van der Waals surface area contributed by atoms with Gasteiger partial charge >= 0.3 is 5.97 Å². The summed E-state index contributed by atoms with van der Waals surface area (Å²) in [5.74, 6) is -0.883. The lowest BCUT2D eigenvalue weighted by Gasteiger charge is -2.35. The van der Waals surface area contributed by atoms with Crippen LogP contribution >= 0.6 is 0 Å². The van der Waals surface area contributed by atoms with Crippen LogP contribution in [-0.2, 0) is 4.79 Å². The summed E-state index contributed by atoms with van der Waals surface area (Å²) in [6, 6.07) is 0. The first-order chi connectivity index (χ1) is 9.76. The Hall–Kier alpha value is -1.89. The van der Waals surface area contributed by atoms with Crippen LogP contribution in [0, 0.1) is 6.92 Å². The first-order valence-electron chi connectivity index (χ1n) is 6.97. The van der Waals surface area contributed by atoms with Crippen molar-refractivity contribution in [2.24, 2.45) is 0 Å². The van der Waals surface area contributed by atoms with Gasteiger partial charge in [0.1, 0.15) is 5.56 Å². The molecule has 0 saturated carbocycles. The van der Waals surface area contributed by atoms with Gasteiger partial charge in [0.2, 0.25) is 0 Å². The van der Waals surface area contributed by atoms with E-state index in [4.69, 9.17) is 9.63 Å². The van der Waals surface area contributed by atoms with Gasteiger partial charge in [0.15, 0.2) is 11.4 Å². The van der Waals surface area contributed by atoms with Crippen LogP contribution in [0.5, 0.6) is 0 Å². The SMILES string of the molecule is Cc1noc(C(C)C)c1C(=O)N1CCC(O)(C(=O)O)CC1. The highest BCUT2D eigenvalue weighted by molar-refractivity contribution is 5.96. The predicted molar refractivity (Wildman–Crippen MR) is 73.1 cm³/mol. The van der Waals surface area contributed by atoms with Crippen molar-refractivity contribution in [1.82, 2.24) is 10.1 Å². The molecule has 0 spiro atoms. The van der Waals surface area contributed by atoms with Crippen molar-refractivity contribution in [3.05, 3.63) is 17.0 Å². The molecule has 2 rings (SSSR count). The quantitative estimate of drug-likeness (QED) is 0.867. The fourth-order valence-electron chi connectivity index (χ4n) is 2.49. The van der Waals surface area contributed by atoms with E-state index in [-0.39, 0.29) is 37.8 Å². The van der Waals surface area contributed by atoms with Crippen LogP contribution in [0.3, 0.4) is 0 Å².